The smallest absolute Gasteiger partial charge is 0.161 e. The molecule has 0 saturated carbocycles. The van der Waals surface area contributed by atoms with Crippen LogP contribution in [-0.4, -0.2) is 6.61 Å². The Labute approximate surface area is 115 Å². The molecule has 3 heteroatoms. The first kappa shape index (κ1) is 11.6. The second-order valence-corrected chi connectivity index (χ2v) is 5.24. The average Bonchev–Trinajstić information content (AvgIpc) is 2.77. The van der Waals surface area contributed by atoms with Crippen molar-refractivity contribution < 1.29 is 9.47 Å². The number of hydrogen-bond acceptors (Lipinski definition) is 2. The summed E-state index contributed by atoms with van der Waals surface area (Å²) < 4.78 is 12.6. The molecule has 1 atom stereocenters. The molecule has 0 N–H and O–H groups in total. The molecule has 0 aromatic heterocycles. The summed E-state index contributed by atoms with van der Waals surface area (Å²) in [6, 6.07) is 14.1. The largest absolute Gasteiger partial charge is 0.488 e. The molecule has 0 amide bonds. The number of para-hydroxylation sites is 1. The second-order valence-electron chi connectivity index (χ2n) is 4.39. The maximum Gasteiger partial charge on any atom is 0.161 e. The van der Waals surface area contributed by atoms with Crippen LogP contribution in [0.25, 0.3) is 0 Å². The highest BCUT2D eigenvalue weighted by atomic mass is 79.9. The monoisotopic (exact) mass is 304 g/mol. The number of fused-ring (bicyclic) bond motifs is 1. The van der Waals surface area contributed by atoms with Crippen LogP contribution in [0.1, 0.15) is 17.2 Å². The van der Waals surface area contributed by atoms with Gasteiger partial charge in [0.2, 0.25) is 0 Å². The topological polar surface area (TPSA) is 18.5 Å². The molecule has 1 unspecified atom stereocenters. The van der Waals surface area contributed by atoms with Crippen LogP contribution in [0.15, 0.2) is 46.9 Å². The van der Waals surface area contributed by atoms with Crippen molar-refractivity contribution in [3.63, 3.8) is 0 Å². The molecule has 1 aliphatic rings. The zero-order chi connectivity index (χ0) is 12.5. The van der Waals surface area contributed by atoms with Gasteiger partial charge in [-0.05, 0) is 41.1 Å². The SMILES string of the molecule is Cc1ccc(OC2COc3c(Br)cccc32)cc1. The fraction of sp³-hybridized carbons (Fsp3) is 0.200. The normalized spacial score (nSPS) is 17.1. The minimum absolute atomic E-state index is 0.0276. The van der Waals surface area contributed by atoms with Gasteiger partial charge in [0.15, 0.2) is 6.10 Å². The van der Waals surface area contributed by atoms with Crippen LogP contribution in [0.2, 0.25) is 0 Å². The van der Waals surface area contributed by atoms with E-state index in [0.29, 0.717) is 6.61 Å². The molecule has 3 rings (SSSR count). The van der Waals surface area contributed by atoms with Crippen LogP contribution >= 0.6 is 15.9 Å². The molecule has 18 heavy (non-hydrogen) atoms. The van der Waals surface area contributed by atoms with Gasteiger partial charge in [-0.1, -0.05) is 29.8 Å². The van der Waals surface area contributed by atoms with Crippen LogP contribution < -0.4 is 9.47 Å². The van der Waals surface area contributed by atoms with Crippen LogP contribution in [0.5, 0.6) is 11.5 Å². The van der Waals surface area contributed by atoms with Gasteiger partial charge in [0.25, 0.3) is 0 Å². The molecule has 0 spiro atoms. The van der Waals surface area contributed by atoms with Crippen LogP contribution in [0, 0.1) is 6.92 Å². The van der Waals surface area contributed by atoms with Crippen molar-refractivity contribution in [2.24, 2.45) is 0 Å². The molecule has 2 aromatic rings. The Bertz CT molecular complexity index is 563. The van der Waals surface area contributed by atoms with Crippen molar-refractivity contribution in [1.29, 1.82) is 0 Å². The van der Waals surface area contributed by atoms with E-state index in [1.807, 2.05) is 42.5 Å². The van der Waals surface area contributed by atoms with E-state index in [-0.39, 0.29) is 6.10 Å². The van der Waals surface area contributed by atoms with Crippen molar-refractivity contribution in [2.75, 3.05) is 6.61 Å². The lowest BCUT2D eigenvalue weighted by Crippen LogP contribution is -2.08. The van der Waals surface area contributed by atoms with Gasteiger partial charge in [-0.15, -0.1) is 0 Å². The number of ether oxygens (including phenoxy) is 2. The molecule has 0 bridgehead atoms. The molecule has 0 saturated heterocycles. The van der Waals surface area contributed by atoms with Gasteiger partial charge in [0, 0.05) is 5.56 Å². The second kappa shape index (κ2) is 4.65. The molecular weight excluding hydrogens is 292 g/mol. The zero-order valence-electron chi connectivity index (χ0n) is 10.0. The molecule has 0 fully saturated rings. The Morgan fingerprint density at radius 3 is 2.72 bits per heavy atom. The van der Waals surface area contributed by atoms with Gasteiger partial charge in [-0.2, -0.15) is 0 Å². The third kappa shape index (κ3) is 2.10. The van der Waals surface area contributed by atoms with Gasteiger partial charge >= 0.3 is 0 Å². The lowest BCUT2D eigenvalue weighted by atomic mass is 10.1. The summed E-state index contributed by atoms with van der Waals surface area (Å²) in [4.78, 5) is 0. The van der Waals surface area contributed by atoms with E-state index in [1.165, 1.54) is 5.56 Å². The molecule has 2 nitrogen and oxygen atoms in total. The van der Waals surface area contributed by atoms with E-state index in [9.17, 15) is 0 Å². The Morgan fingerprint density at radius 1 is 1.17 bits per heavy atom. The van der Waals surface area contributed by atoms with Crippen molar-refractivity contribution in [2.45, 2.75) is 13.0 Å². The maximum atomic E-state index is 5.97. The lowest BCUT2D eigenvalue weighted by Gasteiger charge is -2.12. The van der Waals surface area contributed by atoms with E-state index in [0.717, 1.165) is 21.5 Å². The minimum Gasteiger partial charge on any atom is -0.488 e. The molecular formula is C15H13BrO2. The predicted molar refractivity (Wildman–Crippen MR) is 74.2 cm³/mol. The van der Waals surface area contributed by atoms with E-state index in [1.54, 1.807) is 0 Å². The number of aryl methyl sites for hydroxylation is 1. The summed E-state index contributed by atoms with van der Waals surface area (Å²) in [6.45, 7) is 2.63. The maximum absolute atomic E-state index is 5.97. The Balaban J connectivity index is 1.85. The van der Waals surface area contributed by atoms with Crippen molar-refractivity contribution in [3.05, 3.63) is 58.1 Å². The highest BCUT2D eigenvalue weighted by Gasteiger charge is 2.27. The zero-order valence-corrected chi connectivity index (χ0v) is 11.6. The van der Waals surface area contributed by atoms with Gasteiger partial charge in [-0.3, -0.25) is 0 Å². The summed E-state index contributed by atoms with van der Waals surface area (Å²) in [7, 11) is 0. The quantitative estimate of drug-likeness (QED) is 0.825. The molecule has 1 aliphatic heterocycles. The van der Waals surface area contributed by atoms with Crippen molar-refractivity contribution >= 4 is 15.9 Å². The van der Waals surface area contributed by atoms with Gasteiger partial charge in [-0.25, -0.2) is 0 Å². The summed E-state index contributed by atoms with van der Waals surface area (Å²) in [5.74, 6) is 1.77. The Hall–Kier alpha value is -1.48. The summed E-state index contributed by atoms with van der Waals surface area (Å²) in [6.07, 6.45) is -0.0276. The third-order valence-corrected chi connectivity index (χ3v) is 3.65. The van der Waals surface area contributed by atoms with Crippen LogP contribution in [0.4, 0.5) is 0 Å². The predicted octanol–water partition coefficient (Wildman–Crippen LogP) is 4.27. The number of rotatable bonds is 2. The first-order chi connectivity index (χ1) is 8.74. The fourth-order valence-electron chi connectivity index (χ4n) is 2.06. The van der Waals surface area contributed by atoms with Crippen molar-refractivity contribution in [3.8, 4) is 11.5 Å². The number of hydrogen-bond donors (Lipinski definition) is 0. The summed E-state index contributed by atoms with van der Waals surface area (Å²) in [5.41, 5.74) is 2.33. The standard InChI is InChI=1S/C15H13BrO2/c1-10-5-7-11(8-6-10)18-14-9-17-15-12(14)3-2-4-13(15)16/h2-8,14H,9H2,1H3. The lowest BCUT2D eigenvalue weighted by molar-refractivity contribution is 0.163. The fourth-order valence-corrected chi connectivity index (χ4v) is 2.55. The molecule has 0 radical (unpaired) electrons. The first-order valence-corrected chi connectivity index (χ1v) is 6.68. The first-order valence-electron chi connectivity index (χ1n) is 5.88. The third-order valence-electron chi connectivity index (χ3n) is 3.02. The molecule has 1 heterocycles. The highest BCUT2D eigenvalue weighted by Crippen LogP contribution is 2.40. The Morgan fingerprint density at radius 2 is 1.94 bits per heavy atom. The molecule has 2 aromatic carbocycles. The van der Waals surface area contributed by atoms with E-state index >= 15 is 0 Å². The van der Waals surface area contributed by atoms with Crippen LogP contribution in [0.3, 0.4) is 0 Å². The Kier molecular flexibility index (Phi) is 3.00. The molecule has 0 aliphatic carbocycles. The molecule has 92 valence electrons. The summed E-state index contributed by atoms with van der Waals surface area (Å²) >= 11 is 3.49. The van der Waals surface area contributed by atoms with Crippen LogP contribution in [-0.2, 0) is 0 Å². The van der Waals surface area contributed by atoms with Crippen molar-refractivity contribution in [1.82, 2.24) is 0 Å². The summed E-state index contributed by atoms with van der Waals surface area (Å²) in [5, 5.41) is 0. The number of halogens is 1. The van der Waals surface area contributed by atoms with Gasteiger partial charge in [0.1, 0.15) is 18.1 Å². The van der Waals surface area contributed by atoms with E-state index in [2.05, 4.69) is 22.9 Å². The highest BCUT2D eigenvalue weighted by molar-refractivity contribution is 9.10. The van der Waals surface area contributed by atoms with E-state index < -0.39 is 0 Å². The minimum atomic E-state index is -0.0276. The van der Waals surface area contributed by atoms with Gasteiger partial charge < -0.3 is 9.47 Å². The number of benzene rings is 2. The van der Waals surface area contributed by atoms with E-state index in [4.69, 9.17) is 9.47 Å². The van der Waals surface area contributed by atoms with Gasteiger partial charge in [0.05, 0.1) is 4.47 Å². The average molecular weight is 305 g/mol.